The van der Waals surface area contributed by atoms with Crippen LogP contribution in [0.1, 0.15) is 11.1 Å². The third kappa shape index (κ3) is 7.03. The smallest absolute Gasteiger partial charge is 0.387 e. The SMILES string of the molecule is C[NH+](C)Cc1ccc(CNC(=S)Nc2ccc(OC(F)F)cc2)cc1. The largest absolute Gasteiger partial charge is 0.435 e. The van der Waals surface area contributed by atoms with Crippen LogP contribution in [-0.2, 0) is 13.1 Å². The fraction of sp³-hybridized carbons (Fsp3) is 0.278. The molecule has 0 amide bonds. The summed E-state index contributed by atoms with van der Waals surface area (Å²) < 4.78 is 28.5. The molecule has 0 aliphatic heterocycles. The lowest BCUT2D eigenvalue weighted by atomic mass is 10.1. The number of quaternary nitrogens is 1. The van der Waals surface area contributed by atoms with Crippen molar-refractivity contribution in [3.8, 4) is 5.75 Å². The molecule has 0 spiro atoms. The summed E-state index contributed by atoms with van der Waals surface area (Å²) in [6, 6.07) is 14.6. The van der Waals surface area contributed by atoms with Crippen molar-refractivity contribution >= 4 is 23.0 Å². The highest BCUT2D eigenvalue weighted by Gasteiger charge is 2.04. The number of nitrogens with one attached hydrogen (secondary N) is 3. The fourth-order valence-corrected chi connectivity index (χ4v) is 2.45. The number of anilines is 1. The van der Waals surface area contributed by atoms with Gasteiger partial charge in [-0.3, -0.25) is 0 Å². The van der Waals surface area contributed by atoms with Crippen LogP contribution >= 0.6 is 12.2 Å². The van der Waals surface area contributed by atoms with E-state index in [0.717, 1.165) is 12.1 Å². The molecular weight excluding hydrogens is 344 g/mol. The Labute approximate surface area is 151 Å². The van der Waals surface area contributed by atoms with Crippen LogP contribution in [0.25, 0.3) is 0 Å². The maximum Gasteiger partial charge on any atom is 0.387 e. The zero-order valence-corrected chi connectivity index (χ0v) is 15.0. The van der Waals surface area contributed by atoms with Crippen LogP contribution in [0.2, 0.25) is 0 Å². The molecule has 0 aliphatic carbocycles. The van der Waals surface area contributed by atoms with Gasteiger partial charge >= 0.3 is 6.61 Å². The minimum absolute atomic E-state index is 0.110. The Bertz CT molecular complexity index is 676. The topological polar surface area (TPSA) is 37.7 Å². The Balaban J connectivity index is 1.80. The number of hydrogen-bond acceptors (Lipinski definition) is 2. The first-order valence-electron chi connectivity index (χ1n) is 7.89. The molecule has 0 fully saturated rings. The minimum Gasteiger partial charge on any atom is -0.435 e. The summed E-state index contributed by atoms with van der Waals surface area (Å²) in [6.45, 7) is -1.24. The lowest BCUT2D eigenvalue weighted by Gasteiger charge is -2.12. The second kappa shape index (κ2) is 9.29. The summed E-state index contributed by atoms with van der Waals surface area (Å²) in [6.07, 6.45) is 0. The maximum atomic E-state index is 12.1. The van der Waals surface area contributed by atoms with Crippen LogP contribution in [0.5, 0.6) is 5.75 Å². The van der Waals surface area contributed by atoms with Crippen LogP contribution in [0, 0.1) is 0 Å². The zero-order chi connectivity index (χ0) is 18.2. The van der Waals surface area contributed by atoms with Crippen molar-refractivity contribution in [1.82, 2.24) is 5.32 Å². The lowest BCUT2D eigenvalue weighted by Crippen LogP contribution is -3.04. The van der Waals surface area contributed by atoms with Crippen molar-refractivity contribution in [3.05, 3.63) is 59.7 Å². The standard InChI is InChI=1S/C18H21F2N3OS/c1-23(2)12-14-5-3-13(4-6-14)11-21-18(25)22-15-7-9-16(10-8-15)24-17(19)20/h3-10,17H,11-12H2,1-2H3,(H2,21,22,25)/p+1. The van der Waals surface area contributed by atoms with Crippen LogP contribution in [0.15, 0.2) is 48.5 Å². The molecule has 3 N–H and O–H groups in total. The number of thiocarbonyl (C=S) groups is 1. The van der Waals surface area contributed by atoms with Gasteiger partial charge in [0.05, 0.1) is 14.1 Å². The van der Waals surface area contributed by atoms with Gasteiger partial charge in [-0.2, -0.15) is 8.78 Å². The Morgan fingerprint density at radius 1 is 1.04 bits per heavy atom. The molecule has 134 valence electrons. The van der Waals surface area contributed by atoms with Crippen molar-refractivity contribution in [2.24, 2.45) is 0 Å². The lowest BCUT2D eigenvalue weighted by molar-refractivity contribution is -0.872. The number of benzene rings is 2. The molecule has 0 atom stereocenters. The van der Waals surface area contributed by atoms with Gasteiger partial charge < -0.3 is 20.3 Å². The first kappa shape index (κ1) is 19.1. The highest BCUT2D eigenvalue weighted by molar-refractivity contribution is 7.80. The molecule has 0 bridgehead atoms. The van der Waals surface area contributed by atoms with E-state index in [1.165, 1.54) is 22.6 Å². The van der Waals surface area contributed by atoms with Crippen molar-refractivity contribution in [1.29, 1.82) is 0 Å². The second-order valence-corrected chi connectivity index (χ2v) is 6.32. The highest BCUT2D eigenvalue weighted by atomic mass is 32.1. The van der Waals surface area contributed by atoms with E-state index in [0.29, 0.717) is 17.3 Å². The van der Waals surface area contributed by atoms with Gasteiger partial charge in [0.2, 0.25) is 0 Å². The number of halogens is 2. The van der Waals surface area contributed by atoms with Crippen LogP contribution < -0.4 is 20.3 Å². The van der Waals surface area contributed by atoms with Gasteiger partial charge in [-0.15, -0.1) is 0 Å². The molecule has 4 nitrogen and oxygen atoms in total. The monoisotopic (exact) mass is 366 g/mol. The third-order valence-electron chi connectivity index (χ3n) is 3.37. The molecule has 0 saturated carbocycles. The minimum atomic E-state index is -2.83. The van der Waals surface area contributed by atoms with Gasteiger partial charge in [-0.1, -0.05) is 24.3 Å². The first-order valence-corrected chi connectivity index (χ1v) is 8.30. The zero-order valence-electron chi connectivity index (χ0n) is 14.2. The molecule has 2 aromatic carbocycles. The van der Waals surface area contributed by atoms with Crippen molar-refractivity contribution in [2.45, 2.75) is 19.7 Å². The summed E-state index contributed by atoms with van der Waals surface area (Å²) in [5, 5.41) is 6.58. The molecule has 0 radical (unpaired) electrons. The molecule has 0 heterocycles. The van der Waals surface area contributed by atoms with Gasteiger partial charge in [0.15, 0.2) is 5.11 Å². The Morgan fingerprint density at radius 3 is 2.20 bits per heavy atom. The van der Waals surface area contributed by atoms with E-state index in [9.17, 15) is 8.78 Å². The predicted octanol–water partition coefficient (Wildman–Crippen LogP) is 2.42. The Hall–Kier alpha value is -2.25. The summed E-state index contributed by atoms with van der Waals surface area (Å²) in [7, 11) is 4.23. The highest BCUT2D eigenvalue weighted by Crippen LogP contribution is 2.17. The molecular formula is C18H22F2N3OS+. The molecule has 0 aliphatic rings. The van der Waals surface area contributed by atoms with Gasteiger partial charge in [-0.25, -0.2) is 0 Å². The molecule has 25 heavy (non-hydrogen) atoms. The van der Waals surface area contributed by atoms with Gasteiger partial charge in [0.25, 0.3) is 0 Å². The Kier molecular flexibility index (Phi) is 7.09. The average molecular weight is 366 g/mol. The number of hydrogen-bond donors (Lipinski definition) is 3. The third-order valence-corrected chi connectivity index (χ3v) is 3.62. The summed E-state index contributed by atoms with van der Waals surface area (Å²) in [4.78, 5) is 1.38. The van der Waals surface area contributed by atoms with Gasteiger partial charge in [0, 0.05) is 17.8 Å². The van der Waals surface area contributed by atoms with E-state index >= 15 is 0 Å². The summed E-state index contributed by atoms with van der Waals surface area (Å²) >= 11 is 5.24. The Morgan fingerprint density at radius 2 is 1.64 bits per heavy atom. The summed E-state index contributed by atoms with van der Waals surface area (Å²) in [5.41, 5.74) is 3.11. The van der Waals surface area contributed by atoms with Gasteiger partial charge in [0.1, 0.15) is 12.3 Å². The van der Waals surface area contributed by atoms with E-state index in [4.69, 9.17) is 12.2 Å². The molecule has 0 unspecified atom stereocenters. The fourth-order valence-electron chi connectivity index (χ4n) is 2.26. The molecule has 7 heteroatoms. The normalized spacial score (nSPS) is 10.8. The molecule has 2 rings (SSSR count). The first-order chi connectivity index (χ1) is 11.9. The van der Waals surface area contributed by atoms with E-state index in [1.807, 2.05) is 0 Å². The summed E-state index contributed by atoms with van der Waals surface area (Å²) in [5.74, 6) is 0.110. The van der Waals surface area contributed by atoms with Gasteiger partial charge in [-0.05, 0) is 42.0 Å². The second-order valence-electron chi connectivity index (χ2n) is 5.91. The molecule has 2 aromatic rings. The van der Waals surface area contributed by atoms with Crippen molar-refractivity contribution in [3.63, 3.8) is 0 Å². The van der Waals surface area contributed by atoms with E-state index < -0.39 is 6.61 Å². The average Bonchev–Trinajstić information content (AvgIpc) is 2.55. The predicted molar refractivity (Wildman–Crippen MR) is 99.1 cm³/mol. The number of rotatable bonds is 7. The van der Waals surface area contributed by atoms with Crippen LogP contribution in [0.4, 0.5) is 14.5 Å². The van der Waals surface area contributed by atoms with E-state index in [1.54, 1.807) is 12.1 Å². The molecule has 0 saturated heterocycles. The van der Waals surface area contributed by atoms with Crippen molar-refractivity contribution in [2.75, 3.05) is 19.4 Å². The van der Waals surface area contributed by atoms with E-state index in [-0.39, 0.29) is 5.75 Å². The number of alkyl halides is 2. The van der Waals surface area contributed by atoms with Crippen LogP contribution in [-0.4, -0.2) is 25.8 Å². The molecule has 0 aromatic heterocycles. The van der Waals surface area contributed by atoms with Crippen molar-refractivity contribution < 1.29 is 18.4 Å². The number of ether oxygens (including phenoxy) is 1. The maximum absolute atomic E-state index is 12.1. The quantitative estimate of drug-likeness (QED) is 0.658. The van der Waals surface area contributed by atoms with Crippen LogP contribution in [0.3, 0.4) is 0 Å². The van der Waals surface area contributed by atoms with E-state index in [2.05, 4.69) is 53.7 Å².